The summed E-state index contributed by atoms with van der Waals surface area (Å²) in [7, 11) is 0. The second-order valence-electron chi connectivity index (χ2n) is 4.94. The van der Waals surface area contributed by atoms with Crippen LogP contribution in [0.5, 0.6) is 5.75 Å². The SMILES string of the molecule is CCOc1ccccc1C(=O)NCCCC(=O)NCC(C)O. The Kier molecular flexibility index (Phi) is 7.99. The van der Waals surface area contributed by atoms with Crippen LogP contribution in [0.3, 0.4) is 0 Å². The van der Waals surface area contributed by atoms with Crippen molar-refractivity contribution in [1.82, 2.24) is 10.6 Å². The minimum Gasteiger partial charge on any atom is -0.493 e. The van der Waals surface area contributed by atoms with Crippen molar-refractivity contribution in [2.24, 2.45) is 0 Å². The number of hydrogen-bond acceptors (Lipinski definition) is 4. The minimum absolute atomic E-state index is 0.134. The number of benzene rings is 1. The van der Waals surface area contributed by atoms with Gasteiger partial charge < -0.3 is 20.5 Å². The largest absolute Gasteiger partial charge is 0.493 e. The van der Waals surface area contributed by atoms with Crippen LogP contribution < -0.4 is 15.4 Å². The number of hydrogen-bond donors (Lipinski definition) is 3. The molecule has 3 N–H and O–H groups in total. The Morgan fingerprint density at radius 1 is 1.27 bits per heavy atom. The van der Waals surface area contributed by atoms with Crippen molar-refractivity contribution in [1.29, 1.82) is 0 Å². The molecule has 0 saturated heterocycles. The Balaban J connectivity index is 2.33. The van der Waals surface area contributed by atoms with Crippen LogP contribution in [0.4, 0.5) is 0 Å². The molecule has 0 spiro atoms. The molecule has 1 aromatic rings. The van der Waals surface area contributed by atoms with Gasteiger partial charge in [0.25, 0.3) is 5.91 Å². The van der Waals surface area contributed by atoms with Crippen LogP contribution in [0, 0.1) is 0 Å². The lowest BCUT2D eigenvalue weighted by atomic mass is 10.2. The fourth-order valence-electron chi connectivity index (χ4n) is 1.83. The Morgan fingerprint density at radius 2 is 2.00 bits per heavy atom. The number of para-hydroxylation sites is 1. The van der Waals surface area contributed by atoms with Gasteiger partial charge in [-0.2, -0.15) is 0 Å². The summed E-state index contributed by atoms with van der Waals surface area (Å²) in [5.41, 5.74) is 0.489. The molecular weight excluding hydrogens is 284 g/mol. The quantitative estimate of drug-likeness (QED) is 0.596. The van der Waals surface area contributed by atoms with Gasteiger partial charge in [0.05, 0.1) is 18.3 Å². The van der Waals surface area contributed by atoms with Crippen LogP contribution in [-0.4, -0.2) is 42.7 Å². The van der Waals surface area contributed by atoms with Gasteiger partial charge in [-0.15, -0.1) is 0 Å². The van der Waals surface area contributed by atoms with Crippen LogP contribution >= 0.6 is 0 Å². The second kappa shape index (κ2) is 9.78. The summed E-state index contributed by atoms with van der Waals surface area (Å²) in [6.45, 7) is 4.61. The van der Waals surface area contributed by atoms with Gasteiger partial charge in [0.1, 0.15) is 5.75 Å². The zero-order chi connectivity index (χ0) is 16.4. The summed E-state index contributed by atoms with van der Waals surface area (Å²) in [5.74, 6) is 0.204. The number of amides is 2. The van der Waals surface area contributed by atoms with Crippen LogP contribution in [-0.2, 0) is 4.79 Å². The predicted octanol–water partition coefficient (Wildman–Crippen LogP) is 1.09. The third-order valence-corrected chi connectivity index (χ3v) is 2.89. The maximum absolute atomic E-state index is 12.1. The Hall–Kier alpha value is -2.08. The molecule has 6 nitrogen and oxygen atoms in total. The Bertz CT molecular complexity index is 489. The molecule has 1 atom stereocenters. The number of nitrogens with one attached hydrogen (secondary N) is 2. The summed E-state index contributed by atoms with van der Waals surface area (Å²) in [5, 5.41) is 14.4. The summed E-state index contributed by atoms with van der Waals surface area (Å²) in [6, 6.07) is 7.05. The average molecular weight is 308 g/mol. The number of aliphatic hydroxyl groups is 1. The van der Waals surface area contributed by atoms with E-state index in [2.05, 4.69) is 10.6 Å². The van der Waals surface area contributed by atoms with Crippen molar-refractivity contribution in [2.75, 3.05) is 19.7 Å². The Morgan fingerprint density at radius 3 is 2.68 bits per heavy atom. The third kappa shape index (κ3) is 6.58. The summed E-state index contributed by atoms with van der Waals surface area (Å²) in [6.07, 6.45) is 0.285. The molecule has 0 aliphatic rings. The van der Waals surface area contributed by atoms with Gasteiger partial charge in [-0.25, -0.2) is 0 Å². The zero-order valence-corrected chi connectivity index (χ0v) is 13.1. The van der Waals surface area contributed by atoms with Gasteiger partial charge in [-0.1, -0.05) is 12.1 Å². The highest BCUT2D eigenvalue weighted by Gasteiger charge is 2.11. The maximum atomic E-state index is 12.1. The second-order valence-corrected chi connectivity index (χ2v) is 4.94. The topological polar surface area (TPSA) is 87.7 Å². The van der Waals surface area contributed by atoms with Crippen molar-refractivity contribution in [2.45, 2.75) is 32.8 Å². The number of rotatable bonds is 9. The number of carbonyl (C=O) groups is 2. The Labute approximate surface area is 130 Å². The van der Waals surface area contributed by atoms with Crippen LogP contribution in [0.15, 0.2) is 24.3 Å². The molecular formula is C16H24N2O4. The van der Waals surface area contributed by atoms with Crippen molar-refractivity contribution < 1.29 is 19.4 Å². The number of aliphatic hydroxyl groups excluding tert-OH is 1. The van der Waals surface area contributed by atoms with E-state index in [9.17, 15) is 9.59 Å². The molecule has 0 bridgehead atoms. The molecule has 0 aromatic heterocycles. The van der Waals surface area contributed by atoms with E-state index in [0.717, 1.165) is 0 Å². The molecule has 6 heteroatoms. The molecule has 0 heterocycles. The molecule has 0 aliphatic heterocycles. The van der Waals surface area contributed by atoms with E-state index in [1.807, 2.05) is 13.0 Å². The van der Waals surface area contributed by atoms with E-state index in [1.54, 1.807) is 25.1 Å². The van der Waals surface area contributed by atoms with Crippen LogP contribution in [0.25, 0.3) is 0 Å². The van der Waals surface area contributed by atoms with E-state index in [-0.39, 0.29) is 18.4 Å². The molecule has 0 saturated carbocycles. The van der Waals surface area contributed by atoms with E-state index in [4.69, 9.17) is 9.84 Å². The molecule has 1 rings (SSSR count). The van der Waals surface area contributed by atoms with Crippen molar-refractivity contribution in [3.63, 3.8) is 0 Å². The molecule has 22 heavy (non-hydrogen) atoms. The van der Waals surface area contributed by atoms with E-state index in [0.29, 0.717) is 37.3 Å². The molecule has 0 fully saturated rings. The van der Waals surface area contributed by atoms with Gasteiger partial charge in [-0.05, 0) is 32.4 Å². The summed E-state index contributed by atoms with van der Waals surface area (Å²) >= 11 is 0. The predicted molar refractivity (Wildman–Crippen MR) is 83.9 cm³/mol. The van der Waals surface area contributed by atoms with Crippen molar-refractivity contribution in [3.8, 4) is 5.75 Å². The van der Waals surface area contributed by atoms with Gasteiger partial charge in [0.2, 0.25) is 5.91 Å². The third-order valence-electron chi connectivity index (χ3n) is 2.89. The molecule has 1 unspecified atom stereocenters. The smallest absolute Gasteiger partial charge is 0.255 e. The highest BCUT2D eigenvalue weighted by atomic mass is 16.5. The monoisotopic (exact) mass is 308 g/mol. The number of ether oxygens (including phenoxy) is 1. The first-order valence-electron chi connectivity index (χ1n) is 7.49. The first-order chi connectivity index (χ1) is 10.5. The fourth-order valence-corrected chi connectivity index (χ4v) is 1.83. The lowest BCUT2D eigenvalue weighted by Crippen LogP contribution is -2.31. The summed E-state index contributed by atoms with van der Waals surface area (Å²) < 4.78 is 5.41. The minimum atomic E-state index is -0.557. The van der Waals surface area contributed by atoms with E-state index < -0.39 is 6.10 Å². The lowest BCUT2D eigenvalue weighted by molar-refractivity contribution is -0.121. The number of carbonyl (C=O) groups excluding carboxylic acids is 2. The lowest BCUT2D eigenvalue weighted by Gasteiger charge is -2.10. The highest BCUT2D eigenvalue weighted by molar-refractivity contribution is 5.96. The molecule has 0 aliphatic carbocycles. The van der Waals surface area contributed by atoms with Gasteiger partial charge in [0.15, 0.2) is 0 Å². The van der Waals surface area contributed by atoms with E-state index in [1.165, 1.54) is 0 Å². The molecule has 122 valence electrons. The van der Waals surface area contributed by atoms with E-state index >= 15 is 0 Å². The zero-order valence-electron chi connectivity index (χ0n) is 13.1. The van der Waals surface area contributed by atoms with Crippen LogP contribution in [0.2, 0.25) is 0 Å². The van der Waals surface area contributed by atoms with Gasteiger partial charge >= 0.3 is 0 Å². The standard InChI is InChI=1S/C16H24N2O4/c1-3-22-14-8-5-4-7-13(14)16(21)17-10-6-9-15(20)18-11-12(2)19/h4-5,7-8,12,19H,3,6,9-11H2,1-2H3,(H,17,21)(H,18,20). The molecule has 0 radical (unpaired) electrons. The first-order valence-corrected chi connectivity index (χ1v) is 7.49. The molecule has 1 aromatic carbocycles. The maximum Gasteiger partial charge on any atom is 0.255 e. The summed E-state index contributed by atoms with van der Waals surface area (Å²) in [4.78, 5) is 23.5. The van der Waals surface area contributed by atoms with Gasteiger partial charge in [0, 0.05) is 19.5 Å². The molecule has 2 amide bonds. The van der Waals surface area contributed by atoms with Crippen molar-refractivity contribution in [3.05, 3.63) is 29.8 Å². The first kappa shape index (κ1) is 18.0. The van der Waals surface area contributed by atoms with Crippen molar-refractivity contribution >= 4 is 11.8 Å². The average Bonchev–Trinajstić information content (AvgIpc) is 2.50. The normalized spacial score (nSPS) is 11.6. The van der Waals surface area contributed by atoms with Crippen LogP contribution in [0.1, 0.15) is 37.0 Å². The highest BCUT2D eigenvalue weighted by Crippen LogP contribution is 2.17. The van der Waals surface area contributed by atoms with Gasteiger partial charge in [-0.3, -0.25) is 9.59 Å². The fraction of sp³-hybridized carbons (Fsp3) is 0.500.